The van der Waals surface area contributed by atoms with Gasteiger partial charge in [0.25, 0.3) is 0 Å². The van der Waals surface area contributed by atoms with Crippen LogP contribution in [0.1, 0.15) is 5.56 Å². The van der Waals surface area contributed by atoms with Gasteiger partial charge in [-0.25, -0.2) is 0 Å². The first-order valence-electron chi connectivity index (χ1n) is 4.52. The van der Waals surface area contributed by atoms with Gasteiger partial charge in [0.15, 0.2) is 12.4 Å². The Kier molecular flexibility index (Phi) is 2.19. The van der Waals surface area contributed by atoms with Gasteiger partial charge in [-0.3, -0.25) is 0 Å². The molecule has 0 N–H and O–H groups in total. The minimum Gasteiger partial charge on any atom is -0.619 e. The summed E-state index contributed by atoms with van der Waals surface area (Å²) in [7, 11) is 0. The number of nitrogens with zero attached hydrogens (tertiary/aromatic N) is 1. The van der Waals surface area contributed by atoms with E-state index < -0.39 is 0 Å². The number of rotatable bonds is 1. The fourth-order valence-corrected chi connectivity index (χ4v) is 1.49. The third-order valence-electron chi connectivity index (χ3n) is 2.26. The van der Waals surface area contributed by atoms with Crippen molar-refractivity contribution in [2.75, 3.05) is 0 Å². The van der Waals surface area contributed by atoms with Crippen LogP contribution in [0.4, 0.5) is 0 Å². The zero-order chi connectivity index (χ0) is 9.97. The first kappa shape index (κ1) is 8.75. The predicted molar refractivity (Wildman–Crippen MR) is 55.6 cm³/mol. The van der Waals surface area contributed by atoms with E-state index in [4.69, 9.17) is 0 Å². The molecule has 0 aliphatic rings. The van der Waals surface area contributed by atoms with E-state index >= 15 is 0 Å². The summed E-state index contributed by atoms with van der Waals surface area (Å²) in [4.78, 5) is 0. The summed E-state index contributed by atoms with van der Waals surface area (Å²) in [5.41, 5.74) is 3.47. The monoisotopic (exact) mass is 185 g/mol. The van der Waals surface area contributed by atoms with Gasteiger partial charge in [0, 0.05) is 12.1 Å². The van der Waals surface area contributed by atoms with Crippen molar-refractivity contribution in [3.63, 3.8) is 0 Å². The van der Waals surface area contributed by atoms with E-state index in [1.54, 1.807) is 0 Å². The van der Waals surface area contributed by atoms with E-state index in [1.807, 2.05) is 24.3 Å². The minimum absolute atomic E-state index is 0.793. The van der Waals surface area contributed by atoms with Crippen LogP contribution in [0.5, 0.6) is 0 Å². The predicted octanol–water partition coefficient (Wildman–Crippen LogP) is 2.30. The molecule has 2 aromatic rings. The number of hydrogen-bond donors (Lipinski definition) is 0. The Balaban J connectivity index is 2.50. The topological polar surface area (TPSA) is 26.9 Å². The van der Waals surface area contributed by atoms with Gasteiger partial charge in [-0.15, -0.1) is 0 Å². The molecule has 0 amide bonds. The quantitative estimate of drug-likeness (QED) is 0.494. The van der Waals surface area contributed by atoms with E-state index in [9.17, 15) is 5.21 Å². The van der Waals surface area contributed by atoms with Gasteiger partial charge in [-0.05, 0) is 23.6 Å². The lowest BCUT2D eigenvalue weighted by atomic mass is 10.0. The van der Waals surface area contributed by atoms with Crippen molar-refractivity contribution < 1.29 is 4.73 Å². The zero-order valence-corrected chi connectivity index (χ0v) is 7.97. The fourth-order valence-electron chi connectivity index (χ4n) is 1.49. The van der Waals surface area contributed by atoms with E-state index in [0.29, 0.717) is 0 Å². The van der Waals surface area contributed by atoms with Crippen LogP contribution in [-0.4, -0.2) is 0 Å². The molecule has 0 spiro atoms. The highest BCUT2D eigenvalue weighted by Crippen LogP contribution is 2.21. The van der Waals surface area contributed by atoms with Gasteiger partial charge >= 0.3 is 0 Å². The lowest BCUT2D eigenvalue weighted by molar-refractivity contribution is -0.605. The molecule has 14 heavy (non-hydrogen) atoms. The van der Waals surface area contributed by atoms with E-state index in [1.165, 1.54) is 23.5 Å². The molecule has 0 unspecified atom stereocenters. The first-order chi connectivity index (χ1) is 6.77. The van der Waals surface area contributed by atoms with Gasteiger partial charge in [-0.2, -0.15) is 4.73 Å². The Morgan fingerprint density at radius 1 is 1.00 bits per heavy atom. The smallest absolute Gasteiger partial charge is 0.180 e. The van der Waals surface area contributed by atoms with Gasteiger partial charge < -0.3 is 5.21 Å². The number of aryl methyl sites for hydroxylation is 1. The molecule has 1 heterocycles. The average molecular weight is 185 g/mol. The minimum atomic E-state index is 0.793. The second kappa shape index (κ2) is 3.50. The highest BCUT2D eigenvalue weighted by Gasteiger charge is 2.01. The third kappa shape index (κ3) is 1.59. The molecule has 0 bridgehead atoms. The summed E-state index contributed by atoms with van der Waals surface area (Å²) < 4.78 is 0.793. The highest BCUT2D eigenvalue weighted by molar-refractivity contribution is 5.65. The van der Waals surface area contributed by atoms with Crippen molar-refractivity contribution in [3.05, 3.63) is 59.6 Å². The van der Waals surface area contributed by atoms with Crippen molar-refractivity contribution in [1.82, 2.24) is 0 Å². The molecule has 0 atom stereocenters. The fraction of sp³-hybridized carbons (Fsp3) is 0.0833. The van der Waals surface area contributed by atoms with Crippen molar-refractivity contribution in [2.45, 2.75) is 6.92 Å². The molecule has 2 heteroatoms. The molecular formula is C12H11NO. The largest absolute Gasteiger partial charge is 0.619 e. The molecule has 0 fully saturated rings. The molecule has 2 nitrogen and oxygen atoms in total. The Hall–Kier alpha value is -1.83. The Morgan fingerprint density at radius 2 is 1.64 bits per heavy atom. The molecule has 0 radical (unpaired) electrons. The van der Waals surface area contributed by atoms with Crippen LogP contribution in [0.15, 0.2) is 48.8 Å². The SMILES string of the molecule is Cc1ccccc1-c1cc[n+]([O-])cc1. The summed E-state index contributed by atoms with van der Waals surface area (Å²) in [6, 6.07) is 11.8. The average Bonchev–Trinajstić information content (AvgIpc) is 2.20. The Morgan fingerprint density at radius 3 is 2.29 bits per heavy atom. The van der Waals surface area contributed by atoms with Crippen molar-refractivity contribution in [2.24, 2.45) is 0 Å². The second-order valence-electron chi connectivity index (χ2n) is 3.26. The van der Waals surface area contributed by atoms with E-state index in [0.717, 1.165) is 10.3 Å². The van der Waals surface area contributed by atoms with Gasteiger partial charge in [0.05, 0.1) is 0 Å². The maximum atomic E-state index is 10.9. The summed E-state index contributed by atoms with van der Waals surface area (Å²) >= 11 is 0. The summed E-state index contributed by atoms with van der Waals surface area (Å²) in [6.45, 7) is 2.06. The molecule has 0 aliphatic heterocycles. The molecule has 0 saturated heterocycles. The summed E-state index contributed by atoms with van der Waals surface area (Å²) in [5, 5.41) is 10.9. The Labute approximate surface area is 83.0 Å². The van der Waals surface area contributed by atoms with Gasteiger partial charge in [0.2, 0.25) is 0 Å². The number of hydrogen-bond acceptors (Lipinski definition) is 1. The van der Waals surface area contributed by atoms with Gasteiger partial charge in [-0.1, -0.05) is 24.3 Å². The molecule has 0 saturated carbocycles. The summed E-state index contributed by atoms with van der Waals surface area (Å²) in [5.74, 6) is 0. The normalized spacial score (nSPS) is 10.1. The van der Waals surface area contributed by atoms with Crippen LogP contribution in [0.3, 0.4) is 0 Å². The van der Waals surface area contributed by atoms with Crippen LogP contribution in [0.25, 0.3) is 11.1 Å². The second-order valence-corrected chi connectivity index (χ2v) is 3.26. The lowest BCUT2D eigenvalue weighted by Crippen LogP contribution is -2.23. The summed E-state index contributed by atoms with van der Waals surface area (Å²) in [6.07, 6.45) is 3.03. The van der Waals surface area contributed by atoms with Gasteiger partial charge in [0.1, 0.15) is 0 Å². The zero-order valence-electron chi connectivity index (χ0n) is 7.97. The molecular weight excluding hydrogens is 174 g/mol. The van der Waals surface area contributed by atoms with Crippen molar-refractivity contribution in [1.29, 1.82) is 0 Å². The molecule has 1 aromatic heterocycles. The molecule has 70 valence electrons. The van der Waals surface area contributed by atoms with Crippen LogP contribution in [-0.2, 0) is 0 Å². The van der Waals surface area contributed by atoms with Crippen molar-refractivity contribution in [3.8, 4) is 11.1 Å². The Bertz CT molecular complexity index is 434. The highest BCUT2D eigenvalue weighted by atomic mass is 16.5. The lowest BCUT2D eigenvalue weighted by Gasteiger charge is -2.04. The van der Waals surface area contributed by atoms with Crippen LogP contribution in [0, 0.1) is 12.1 Å². The maximum absolute atomic E-state index is 10.9. The standard InChI is InChI=1S/C12H11NO/c1-10-4-2-3-5-12(10)11-6-8-13(14)9-7-11/h2-9H,1H3. The molecule has 2 rings (SSSR count). The number of pyridine rings is 1. The number of benzene rings is 1. The van der Waals surface area contributed by atoms with Crippen LogP contribution < -0.4 is 4.73 Å². The first-order valence-corrected chi connectivity index (χ1v) is 4.52. The number of aromatic nitrogens is 1. The van der Waals surface area contributed by atoms with Crippen LogP contribution >= 0.6 is 0 Å². The third-order valence-corrected chi connectivity index (χ3v) is 2.26. The molecule has 1 aromatic carbocycles. The van der Waals surface area contributed by atoms with Crippen LogP contribution in [0.2, 0.25) is 0 Å². The molecule has 0 aliphatic carbocycles. The maximum Gasteiger partial charge on any atom is 0.180 e. The van der Waals surface area contributed by atoms with Crippen molar-refractivity contribution >= 4 is 0 Å². The van der Waals surface area contributed by atoms with E-state index in [-0.39, 0.29) is 0 Å². The van der Waals surface area contributed by atoms with E-state index in [2.05, 4.69) is 19.1 Å².